The molecule has 0 saturated carbocycles. The maximum Gasteiger partial charge on any atom is 0.337 e. The Kier molecular flexibility index (Phi) is 7.62. The predicted octanol–water partition coefficient (Wildman–Crippen LogP) is 4.03. The Morgan fingerprint density at radius 3 is 2.11 bits per heavy atom. The first-order valence-corrected chi connectivity index (χ1v) is 5.36. The zero-order valence-corrected chi connectivity index (χ0v) is 10.7. The van der Waals surface area contributed by atoms with Gasteiger partial charge in [0.1, 0.15) is 0 Å². The second-order valence-corrected chi connectivity index (χ2v) is 3.19. The highest BCUT2D eigenvalue weighted by atomic mass is 16.5. The van der Waals surface area contributed by atoms with Gasteiger partial charge in [-0.15, -0.1) is 13.2 Å². The second-order valence-electron chi connectivity index (χ2n) is 3.19. The van der Waals surface area contributed by atoms with Crippen LogP contribution in [0.5, 0.6) is 0 Å². The van der Waals surface area contributed by atoms with Crippen molar-refractivity contribution in [2.45, 2.75) is 0 Å². The van der Waals surface area contributed by atoms with E-state index >= 15 is 0 Å². The first-order valence-electron chi connectivity index (χ1n) is 5.36. The molecule has 0 aromatic heterocycles. The van der Waals surface area contributed by atoms with Gasteiger partial charge in [0, 0.05) is 0 Å². The van der Waals surface area contributed by atoms with Gasteiger partial charge >= 0.3 is 5.97 Å². The summed E-state index contributed by atoms with van der Waals surface area (Å²) in [6.07, 6.45) is 5.37. The van der Waals surface area contributed by atoms with Gasteiger partial charge < -0.3 is 4.74 Å². The molecule has 0 aliphatic carbocycles. The number of carbonyl (C=O) groups excluding carboxylic acids is 1. The predicted molar refractivity (Wildman–Crippen MR) is 77.4 cm³/mol. The lowest BCUT2D eigenvalue weighted by Crippen LogP contribution is -2.00. The van der Waals surface area contributed by atoms with Gasteiger partial charge in [0.25, 0.3) is 0 Å². The fourth-order valence-corrected chi connectivity index (χ4v) is 1.22. The summed E-state index contributed by atoms with van der Waals surface area (Å²) in [5.41, 5.74) is 2.37. The van der Waals surface area contributed by atoms with Crippen molar-refractivity contribution in [1.82, 2.24) is 0 Å². The molecule has 0 radical (unpaired) electrons. The van der Waals surface area contributed by atoms with Crippen molar-refractivity contribution >= 4 is 11.5 Å². The third-order valence-corrected chi connectivity index (χ3v) is 2.11. The molecular weight excluding hydrogens is 224 g/mol. The zero-order chi connectivity index (χ0) is 14.0. The number of hydrogen-bond acceptors (Lipinski definition) is 2. The summed E-state index contributed by atoms with van der Waals surface area (Å²) in [6, 6.07) is 7.10. The first kappa shape index (κ1) is 15.7. The highest BCUT2D eigenvalue weighted by molar-refractivity contribution is 5.89. The van der Waals surface area contributed by atoms with Crippen molar-refractivity contribution in [3.8, 4) is 0 Å². The molecule has 0 fully saturated rings. The zero-order valence-electron chi connectivity index (χ0n) is 10.7. The highest BCUT2D eigenvalue weighted by Crippen LogP contribution is 2.15. The molecule has 1 rings (SSSR count). The van der Waals surface area contributed by atoms with Crippen LogP contribution in [-0.2, 0) is 4.74 Å². The highest BCUT2D eigenvalue weighted by Gasteiger charge is 2.04. The van der Waals surface area contributed by atoms with Gasteiger partial charge in [0.2, 0.25) is 0 Å². The number of esters is 1. The summed E-state index contributed by atoms with van der Waals surface area (Å²) in [5.74, 6) is -0.334. The fraction of sp³-hybridized carbons (Fsp3) is 0.0625. The van der Waals surface area contributed by atoms with E-state index in [1.54, 1.807) is 18.2 Å². The SMILES string of the molecule is C=C.C=C/C=C\C(=C)c1ccc(C(=O)OC)cc1. The van der Waals surface area contributed by atoms with Gasteiger partial charge in [-0.1, -0.05) is 43.5 Å². The molecule has 0 heterocycles. The molecule has 0 aliphatic heterocycles. The summed E-state index contributed by atoms with van der Waals surface area (Å²) in [5, 5.41) is 0. The molecule has 0 unspecified atom stereocenters. The van der Waals surface area contributed by atoms with Gasteiger partial charge in [0.15, 0.2) is 0 Å². The summed E-state index contributed by atoms with van der Waals surface area (Å²) in [4.78, 5) is 11.2. The Labute approximate surface area is 109 Å². The van der Waals surface area contributed by atoms with Crippen LogP contribution in [0.4, 0.5) is 0 Å². The monoisotopic (exact) mass is 242 g/mol. The quantitative estimate of drug-likeness (QED) is 0.452. The van der Waals surface area contributed by atoms with E-state index in [4.69, 9.17) is 0 Å². The van der Waals surface area contributed by atoms with Crippen LogP contribution in [0, 0.1) is 0 Å². The summed E-state index contributed by atoms with van der Waals surface area (Å²) in [7, 11) is 1.36. The normalized spacial score (nSPS) is 9.17. The van der Waals surface area contributed by atoms with Crippen LogP contribution in [0.1, 0.15) is 15.9 Å². The second kappa shape index (κ2) is 8.76. The van der Waals surface area contributed by atoms with Crippen LogP contribution >= 0.6 is 0 Å². The van der Waals surface area contributed by atoms with Crippen LogP contribution in [0.15, 0.2) is 68.8 Å². The topological polar surface area (TPSA) is 26.3 Å². The average molecular weight is 242 g/mol. The molecule has 1 aromatic rings. The Hall–Kier alpha value is -2.35. The number of allylic oxidation sites excluding steroid dienone is 4. The van der Waals surface area contributed by atoms with E-state index in [0.29, 0.717) is 5.56 Å². The Balaban J connectivity index is 0.00000137. The molecular formula is C16H18O2. The molecule has 1 aromatic carbocycles. The van der Waals surface area contributed by atoms with E-state index in [1.165, 1.54) is 7.11 Å². The Morgan fingerprint density at radius 1 is 1.17 bits per heavy atom. The standard InChI is InChI=1S/C14H14O2.C2H4/c1-4-5-6-11(2)12-7-9-13(10-8-12)14(15)16-3;1-2/h4-10H,1-2H2,3H3;1-2H2/b6-5-;. The maximum absolute atomic E-state index is 11.2. The van der Waals surface area contributed by atoms with Crippen LogP contribution < -0.4 is 0 Å². The number of hydrogen-bond donors (Lipinski definition) is 0. The minimum atomic E-state index is -0.334. The fourth-order valence-electron chi connectivity index (χ4n) is 1.22. The number of methoxy groups -OCH3 is 1. The van der Waals surface area contributed by atoms with Gasteiger partial charge in [-0.25, -0.2) is 4.79 Å². The third kappa shape index (κ3) is 4.66. The molecule has 0 aliphatic rings. The van der Waals surface area contributed by atoms with Gasteiger partial charge in [0.05, 0.1) is 12.7 Å². The smallest absolute Gasteiger partial charge is 0.337 e. The third-order valence-electron chi connectivity index (χ3n) is 2.11. The van der Waals surface area contributed by atoms with Crippen molar-refractivity contribution in [2.24, 2.45) is 0 Å². The number of ether oxygens (including phenoxy) is 1. The molecule has 0 N–H and O–H groups in total. The van der Waals surface area contributed by atoms with Crippen molar-refractivity contribution in [1.29, 1.82) is 0 Å². The summed E-state index contributed by atoms with van der Waals surface area (Å²) >= 11 is 0. The van der Waals surface area contributed by atoms with Crippen LogP contribution in [0.25, 0.3) is 5.57 Å². The molecule has 0 saturated heterocycles. The van der Waals surface area contributed by atoms with Crippen molar-refractivity contribution in [3.63, 3.8) is 0 Å². The molecule has 2 nitrogen and oxygen atoms in total. The van der Waals surface area contributed by atoms with Gasteiger partial charge in [-0.3, -0.25) is 0 Å². The van der Waals surface area contributed by atoms with Gasteiger partial charge in [-0.05, 0) is 23.3 Å². The molecule has 0 spiro atoms. The lowest BCUT2D eigenvalue weighted by atomic mass is 10.1. The maximum atomic E-state index is 11.2. The largest absolute Gasteiger partial charge is 0.465 e. The minimum Gasteiger partial charge on any atom is -0.465 e. The number of benzene rings is 1. The van der Waals surface area contributed by atoms with E-state index in [0.717, 1.165) is 11.1 Å². The number of carbonyl (C=O) groups is 1. The Morgan fingerprint density at radius 2 is 1.67 bits per heavy atom. The molecule has 0 amide bonds. The van der Waals surface area contributed by atoms with Crippen molar-refractivity contribution in [2.75, 3.05) is 7.11 Å². The van der Waals surface area contributed by atoms with Crippen molar-refractivity contribution < 1.29 is 9.53 Å². The minimum absolute atomic E-state index is 0.334. The lowest BCUT2D eigenvalue weighted by Gasteiger charge is -2.02. The van der Waals surface area contributed by atoms with E-state index in [1.807, 2.05) is 24.3 Å². The van der Waals surface area contributed by atoms with Gasteiger partial charge in [-0.2, -0.15) is 0 Å². The Bertz CT molecular complexity index is 439. The van der Waals surface area contributed by atoms with E-state index < -0.39 is 0 Å². The summed E-state index contributed by atoms with van der Waals surface area (Å²) in [6.45, 7) is 13.5. The van der Waals surface area contributed by atoms with E-state index in [-0.39, 0.29) is 5.97 Å². The molecule has 18 heavy (non-hydrogen) atoms. The van der Waals surface area contributed by atoms with Crippen LogP contribution in [-0.4, -0.2) is 13.1 Å². The molecule has 0 atom stereocenters. The average Bonchev–Trinajstić information content (AvgIpc) is 2.46. The molecule has 2 heteroatoms. The summed E-state index contributed by atoms with van der Waals surface area (Å²) < 4.78 is 4.61. The van der Waals surface area contributed by atoms with Crippen LogP contribution in [0.2, 0.25) is 0 Å². The lowest BCUT2D eigenvalue weighted by molar-refractivity contribution is 0.0601. The number of rotatable bonds is 4. The van der Waals surface area contributed by atoms with E-state index in [2.05, 4.69) is 31.1 Å². The molecule has 94 valence electrons. The molecule has 0 bridgehead atoms. The first-order chi connectivity index (χ1) is 8.69. The van der Waals surface area contributed by atoms with E-state index in [9.17, 15) is 4.79 Å². The van der Waals surface area contributed by atoms with Crippen LogP contribution in [0.3, 0.4) is 0 Å². The van der Waals surface area contributed by atoms with Crippen molar-refractivity contribution in [3.05, 3.63) is 79.9 Å².